The highest BCUT2D eigenvalue weighted by Gasteiger charge is 2.30. The van der Waals surface area contributed by atoms with Crippen LogP contribution >= 0.6 is 27.3 Å². The van der Waals surface area contributed by atoms with Crippen LogP contribution in [0.4, 0.5) is 4.39 Å². The van der Waals surface area contributed by atoms with Gasteiger partial charge in [0.05, 0.1) is 27.2 Å². The minimum Gasteiger partial charge on any atom is -0.481 e. The zero-order valence-electron chi connectivity index (χ0n) is 27.7. The number of aromatic nitrogens is 1. The van der Waals surface area contributed by atoms with Gasteiger partial charge in [-0.3, -0.25) is 9.59 Å². The molecule has 54 heavy (non-hydrogen) atoms. The van der Waals surface area contributed by atoms with E-state index in [1.165, 1.54) is 28.3 Å². The number of aliphatic carboxylic acids is 1. The maximum absolute atomic E-state index is 14.0. The number of thiophene rings is 1. The Morgan fingerprint density at radius 1 is 0.870 bits per heavy atom. The van der Waals surface area contributed by atoms with Gasteiger partial charge in [0.25, 0.3) is 0 Å². The number of carbonyl (C=O) groups excluding carboxylic acids is 1. The molecule has 0 aliphatic carbocycles. The normalized spacial score (nSPS) is 17.0. The maximum atomic E-state index is 14.0. The molecule has 0 bridgehead atoms. The Hall–Kier alpha value is -4.17. The third-order valence-corrected chi connectivity index (χ3v) is 14.8. The number of benzene rings is 4. The number of carbonyl (C=O) groups is 2. The lowest BCUT2D eigenvalue weighted by Gasteiger charge is -2.23. The van der Waals surface area contributed by atoms with Gasteiger partial charge in [0, 0.05) is 37.9 Å². The van der Waals surface area contributed by atoms with Crippen molar-refractivity contribution in [3.63, 3.8) is 0 Å². The second-order valence-corrected chi connectivity index (χ2v) is 19.1. The van der Waals surface area contributed by atoms with E-state index in [9.17, 15) is 35.9 Å². The van der Waals surface area contributed by atoms with Gasteiger partial charge in [-0.1, -0.05) is 61.1 Å². The topological polar surface area (TPSA) is 128 Å². The van der Waals surface area contributed by atoms with Crippen molar-refractivity contribution in [1.29, 1.82) is 0 Å². The summed E-state index contributed by atoms with van der Waals surface area (Å²) in [5.41, 5.74) is 5.78. The molecule has 1 N–H and O–H groups in total. The third kappa shape index (κ3) is 8.24. The first-order chi connectivity index (χ1) is 24.8. The molecule has 9 rings (SSSR count). The van der Waals surface area contributed by atoms with Gasteiger partial charge in [-0.2, -0.15) is 0 Å². The van der Waals surface area contributed by atoms with Crippen LogP contribution in [0.15, 0.2) is 98.5 Å². The zero-order chi connectivity index (χ0) is 36.8. The minimum absolute atomic E-state index is 0. The lowest BCUT2D eigenvalue weighted by Crippen LogP contribution is -2.26. The Kier molecular flexibility index (Phi) is 12.4. The number of aryl methyl sites for hydroxylation is 2. The quantitative estimate of drug-likeness (QED) is 0.175. The number of hydrogen-bond acceptors (Lipinski definition) is 7. The van der Waals surface area contributed by atoms with Crippen LogP contribution in [-0.2, 0) is 56.7 Å². The molecule has 0 amide bonds. The van der Waals surface area contributed by atoms with Crippen LogP contribution in [0.5, 0.6) is 0 Å². The van der Waals surface area contributed by atoms with E-state index >= 15 is 0 Å². The number of hydrogen-bond donors (Lipinski definition) is 1. The van der Waals surface area contributed by atoms with Gasteiger partial charge < -0.3 is 9.67 Å². The van der Waals surface area contributed by atoms with E-state index in [2.05, 4.69) is 45.6 Å². The minimum atomic E-state index is -3.22. The maximum Gasteiger partial charge on any atom is 0.308 e. The lowest BCUT2D eigenvalue weighted by molar-refractivity contribution is -0.142. The van der Waals surface area contributed by atoms with Crippen LogP contribution in [-0.4, -0.2) is 50.3 Å². The highest BCUT2D eigenvalue weighted by molar-refractivity contribution is 9.10. The summed E-state index contributed by atoms with van der Waals surface area (Å²) in [4.78, 5) is 22.7. The Labute approximate surface area is 327 Å². The van der Waals surface area contributed by atoms with Crippen LogP contribution in [0.25, 0.3) is 21.0 Å². The average molecular weight is 855 g/mol. The van der Waals surface area contributed by atoms with Crippen molar-refractivity contribution in [3.05, 3.63) is 128 Å². The molecule has 0 saturated heterocycles. The predicted molar refractivity (Wildman–Crippen MR) is 217 cm³/mol. The van der Waals surface area contributed by atoms with E-state index in [-0.39, 0.29) is 32.2 Å². The first kappa shape index (κ1) is 41.0. The summed E-state index contributed by atoms with van der Waals surface area (Å²) in [6, 6.07) is 23.4. The van der Waals surface area contributed by atoms with E-state index in [1.807, 2.05) is 16.7 Å². The van der Waals surface area contributed by atoms with Gasteiger partial charge in [-0.25, -0.2) is 21.2 Å². The van der Waals surface area contributed by atoms with Crippen LogP contribution in [0.1, 0.15) is 59.6 Å². The van der Waals surface area contributed by atoms with Crippen molar-refractivity contribution < 1.29 is 35.9 Å². The first-order valence-electron chi connectivity index (χ1n) is 16.6. The summed E-state index contributed by atoms with van der Waals surface area (Å²) in [7, 11) is -6.32. The average Bonchev–Trinajstić information content (AvgIpc) is 3.87. The molecular formula is C41H41BrFNO7S3. The van der Waals surface area contributed by atoms with E-state index in [4.69, 9.17) is 0 Å². The van der Waals surface area contributed by atoms with Gasteiger partial charge in [-0.15, -0.1) is 11.3 Å². The van der Waals surface area contributed by atoms with E-state index in [0.29, 0.717) is 60.3 Å². The highest BCUT2D eigenvalue weighted by atomic mass is 79.9. The fraction of sp³-hybridized carbons (Fsp3) is 0.268. The molecule has 1 unspecified atom stereocenters. The number of nitrogens with zero attached hydrogens (tertiary/aromatic N) is 1. The summed E-state index contributed by atoms with van der Waals surface area (Å²) >= 11 is 5.20. The Morgan fingerprint density at radius 2 is 1.56 bits per heavy atom. The second kappa shape index (κ2) is 16.3. The molecule has 0 saturated carbocycles. The molecule has 2 aromatic heterocycles. The van der Waals surface area contributed by atoms with Crippen molar-refractivity contribution in [1.82, 2.24) is 4.57 Å². The Morgan fingerprint density at radius 3 is 2.24 bits per heavy atom. The molecule has 3 aliphatic rings. The molecule has 0 fully saturated rings. The number of aldehydes is 1. The van der Waals surface area contributed by atoms with E-state index in [1.54, 1.807) is 35.6 Å². The fourth-order valence-corrected chi connectivity index (χ4v) is 11.7. The van der Waals surface area contributed by atoms with E-state index < -0.39 is 31.6 Å². The van der Waals surface area contributed by atoms with Crippen molar-refractivity contribution in [2.24, 2.45) is 5.92 Å². The molecule has 4 aromatic carbocycles. The van der Waals surface area contributed by atoms with Crippen LogP contribution < -0.4 is 0 Å². The smallest absolute Gasteiger partial charge is 0.308 e. The van der Waals surface area contributed by atoms with Crippen LogP contribution in [0.3, 0.4) is 0 Å². The Bertz CT molecular complexity index is 2610. The number of fused-ring (bicyclic) bond motifs is 6. The third-order valence-electron chi connectivity index (χ3n) is 9.84. The lowest BCUT2D eigenvalue weighted by atomic mass is 9.94. The van der Waals surface area contributed by atoms with Gasteiger partial charge in [0.15, 0.2) is 19.7 Å². The standard InChI is InChI=1S/C22H20FNO4S.C9H8O3S.C8H5BrS.2CH4/c23-16-4-6-20-18(11-16)17(19-5-3-15(22(25)26)12-24(19)20)9-13-1-2-14-7-8-29(27,28)21(14)10-13;10-6-7-1-2-8-3-4-13(11,12)9(8)5-7;9-7-2-1-6-3-4-10-8(6)5-7;;/h1-2,4,6,10-11,15H,3,5,7-9,12H2,(H,25,26);1-2,5-6H,3-4H2;1-5H;2*1H4. The van der Waals surface area contributed by atoms with Gasteiger partial charge >= 0.3 is 5.97 Å². The van der Waals surface area contributed by atoms with Crippen molar-refractivity contribution >= 4 is 80.2 Å². The van der Waals surface area contributed by atoms with Gasteiger partial charge in [0.2, 0.25) is 0 Å². The van der Waals surface area contributed by atoms with Crippen LogP contribution in [0.2, 0.25) is 0 Å². The largest absolute Gasteiger partial charge is 0.481 e. The molecule has 0 spiro atoms. The number of halogens is 2. The molecule has 5 heterocycles. The fourth-order valence-electron chi connectivity index (χ4n) is 7.15. The molecule has 1 atom stereocenters. The molecule has 13 heteroatoms. The second-order valence-electron chi connectivity index (χ2n) is 13.1. The molecular weight excluding hydrogens is 814 g/mol. The van der Waals surface area contributed by atoms with Crippen molar-refractivity contribution in [3.8, 4) is 0 Å². The zero-order valence-corrected chi connectivity index (χ0v) is 31.8. The molecule has 3 aliphatic heterocycles. The monoisotopic (exact) mass is 853 g/mol. The summed E-state index contributed by atoms with van der Waals surface area (Å²) in [5, 5.41) is 13.6. The number of rotatable bonds is 4. The molecule has 8 nitrogen and oxygen atoms in total. The van der Waals surface area contributed by atoms with Gasteiger partial charge in [0.1, 0.15) is 12.1 Å². The Balaban J connectivity index is 0.000000185. The summed E-state index contributed by atoms with van der Waals surface area (Å²) in [6.45, 7) is 0.366. The first-order valence-corrected chi connectivity index (χ1v) is 21.6. The summed E-state index contributed by atoms with van der Waals surface area (Å²) in [5.74, 6) is -1.29. The van der Waals surface area contributed by atoms with E-state index in [0.717, 1.165) is 43.3 Å². The molecule has 284 valence electrons. The van der Waals surface area contributed by atoms with Crippen molar-refractivity contribution in [2.45, 2.75) is 63.3 Å². The number of carboxylic acid groups (broad SMARTS) is 1. The number of carboxylic acids is 1. The SMILES string of the molecule is Brc1ccc2ccsc2c1.C.C.O=C(O)C1CCc2c(Cc3ccc4c(c3)S(=O)(=O)CC4)c3cc(F)ccc3n2C1.O=Cc1ccc2c(c1)S(=O)(=O)CC2. The summed E-state index contributed by atoms with van der Waals surface area (Å²) in [6.07, 6.45) is 3.41. The number of sulfone groups is 2. The molecule has 0 radical (unpaired) electrons. The van der Waals surface area contributed by atoms with Crippen molar-refractivity contribution in [2.75, 3.05) is 11.5 Å². The van der Waals surface area contributed by atoms with Crippen LogP contribution in [0, 0.1) is 11.7 Å². The summed E-state index contributed by atoms with van der Waals surface area (Å²) < 4.78 is 65.9. The predicted octanol–water partition coefficient (Wildman–Crippen LogP) is 9.11. The highest BCUT2D eigenvalue weighted by Crippen LogP contribution is 2.36. The molecule has 6 aromatic rings. The van der Waals surface area contributed by atoms with Gasteiger partial charge in [-0.05, 0) is 114 Å².